The van der Waals surface area contributed by atoms with Crippen molar-refractivity contribution in [3.63, 3.8) is 0 Å². The van der Waals surface area contributed by atoms with E-state index in [2.05, 4.69) is 54.8 Å². The molecule has 0 radical (unpaired) electrons. The van der Waals surface area contributed by atoms with Gasteiger partial charge in [-0.2, -0.15) is 5.10 Å². The van der Waals surface area contributed by atoms with Crippen molar-refractivity contribution in [2.45, 2.75) is 25.4 Å². The van der Waals surface area contributed by atoms with Crippen LogP contribution in [0.2, 0.25) is 0 Å². The second kappa shape index (κ2) is 8.97. The van der Waals surface area contributed by atoms with Gasteiger partial charge in [0.05, 0.1) is 18.0 Å². The van der Waals surface area contributed by atoms with Crippen LogP contribution in [0.5, 0.6) is 0 Å². The van der Waals surface area contributed by atoms with E-state index in [1.807, 2.05) is 12.3 Å². The lowest BCUT2D eigenvalue weighted by molar-refractivity contribution is 0.0513. The number of likely N-dealkylation sites (tertiary alicyclic amines) is 1. The molecule has 0 amide bonds. The van der Waals surface area contributed by atoms with E-state index in [9.17, 15) is 0 Å². The molecule has 0 spiro atoms. The van der Waals surface area contributed by atoms with Crippen molar-refractivity contribution >= 4 is 0 Å². The average Bonchev–Trinajstić information content (AvgIpc) is 3.18. The van der Waals surface area contributed by atoms with Crippen LogP contribution in [0.25, 0.3) is 5.69 Å². The van der Waals surface area contributed by atoms with Crippen LogP contribution in [0.3, 0.4) is 0 Å². The van der Waals surface area contributed by atoms with Crippen molar-refractivity contribution in [1.82, 2.24) is 24.5 Å². The van der Waals surface area contributed by atoms with Gasteiger partial charge in [-0.3, -0.25) is 14.7 Å². The SMILES string of the molecule is OCCN1CCN(C2CCN(Cc3ccnn3-c3ccccc3)CC2)CC1. The molecular formula is C21H31N5O. The minimum absolute atomic E-state index is 0.276. The number of aliphatic hydroxyl groups is 1. The van der Waals surface area contributed by atoms with Crippen LogP contribution in [0.15, 0.2) is 42.6 Å². The van der Waals surface area contributed by atoms with Gasteiger partial charge in [-0.25, -0.2) is 4.68 Å². The van der Waals surface area contributed by atoms with Crippen molar-refractivity contribution in [1.29, 1.82) is 0 Å². The topological polar surface area (TPSA) is 47.8 Å². The molecule has 0 bridgehead atoms. The number of para-hydroxylation sites is 1. The van der Waals surface area contributed by atoms with Crippen molar-refractivity contribution in [2.24, 2.45) is 0 Å². The first-order valence-corrected chi connectivity index (χ1v) is 10.2. The third-order valence-electron chi connectivity index (χ3n) is 6.00. The highest BCUT2D eigenvalue weighted by atomic mass is 16.3. The maximum absolute atomic E-state index is 9.09. The molecule has 2 aromatic rings. The lowest BCUT2D eigenvalue weighted by atomic mass is 10.0. The van der Waals surface area contributed by atoms with Gasteiger partial charge in [-0.05, 0) is 31.0 Å². The second-order valence-electron chi connectivity index (χ2n) is 7.68. The Morgan fingerprint density at radius 1 is 0.889 bits per heavy atom. The summed E-state index contributed by atoms with van der Waals surface area (Å²) in [4.78, 5) is 7.60. The molecule has 0 unspecified atom stereocenters. The fourth-order valence-electron chi connectivity index (χ4n) is 4.42. The zero-order valence-electron chi connectivity index (χ0n) is 16.1. The summed E-state index contributed by atoms with van der Waals surface area (Å²) in [5.41, 5.74) is 2.39. The van der Waals surface area contributed by atoms with Gasteiger partial charge in [0, 0.05) is 64.6 Å². The summed E-state index contributed by atoms with van der Waals surface area (Å²) >= 11 is 0. The number of piperazine rings is 1. The Kier molecular flexibility index (Phi) is 6.19. The van der Waals surface area contributed by atoms with Crippen LogP contribution in [0.4, 0.5) is 0 Å². The number of nitrogens with zero attached hydrogens (tertiary/aromatic N) is 5. The molecule has 6 nitrogen and oxygen atoms in total. The van der Waals surface area contributed by atoms with Gasteiger partial charge < -0.3 is 5.11 Å². The van der Waals surface area contributed by atoms with E-state index >= 15 is 0 Å². The first kappa shape index (κ1) is 18.6. The molecule has 1 N–H and O–H groups in total. The third kappa shape index (κ3) is 4.58. The molecule has 2 aliphatic rings. The Hall–Kier alpha value is -1.73. The van der Waals surface area contributed by atoms with Gasteiger partial charge >= 0.3 is 0 Å². The first-order valence-electron chi connectivity index (χ1n) is 10.2. The van der Waals surface area contributed by atoms with Crippen LogP contribution in [0.1, 0.15) is 18.5 Å². The summed E-state index contributed by atoms with van der Waals surface area (Å²) in [7, 11) is 0. The van der Waals surface area contributed by atoms with E-state index in [-0.39, 0.29) is 6.61 Å². The predicted octanol–water partition coefficient (Wildman–Crippen LogP) is 1.45. The summed E-state index contributed by atoms with van der Waals surface area (Å²) in [6, 6.07) is 13.2. The Morgan fingerprint density at radius 3 is 2.33 bits per heavy atom. The molecule has 0 saturated carbocycles. The predicted molar refractivity (Wildman–Crippen MR) is 107 cm³/mol. The van der Waals surface area contributed by atoms with Gasteiger partial charge in [0.2, 0.25) is 0 Å². The summed E-state index contributed by atoms with van der Waals surface area (Å²) in [5.74, 6) is 0. The average molecular weight is 370 g/mol. The van der Waals surface area contributed by atoms with Crippen LogP contribution in [-0.4, -0.2) is 88.0 Å². The molecule has 0 atom stereocenters. The quantitative estimate of drug-likeness (QED) is 0.835. The largest absolute Gasteiger partial charge is 0.395 e. The monoisotopic (exact) mass is 369 g/mol. The van der Waals surface area contributed by atoms with Gasteiger partial charge in [0.15, 0.2) is 0 Å². The Labute approximate surface area is 162 Å². The Bertz CT molecular complexity index is 688. The number of piperidine rings is 1. The van der Waals surface area contributed by atoms with E-state index in [0.29, 0.717) is 0 Å². The highest BCUT2D eigenvalue weighted by Crippen LogP contribution is 2.20. The maximum atomic E-state index is 9.09. The fraction of sp³-hybridized carbons (Fsp3) is 0.571. The molecule has 2 saturated heterocycles. The molecule has 27 heavy (non-hydrogen) atoms. The molecular weight excluding hydrogens is 338 g/mol. The van der Waals surface area contributed by atoms with Crippen LogP contribution < -0.4 is 0 Å². The number of hydrogen-bond acceptors (Lipinski definition) is 5. The molecule has 1 aromatic heterocycles. The maximum Gasteiger partial charge on any atom is 0.0649 e. The van der Waals surface area contributed by atoms with Crippen LogP contribution in [0, 0.1) is 0 Å². The summed E-state index contributed by atoms with van der Waals surface area (Å²) < 4.78 is 2.06. The van der Waals surface area contributed by atoms with Crippen LogP contribution >= 0.6 is 0 Å². The zero-order chi connectivity index (χ0) is 18.5. The van der Waals surface area contributed by atoms with E-state index in [4.69, 9.17) is 5.11 Å². The number of aliphatic hydroxyl groups excluding tert-OH is 1. The smallest absolute Gasteiger partial charge is 0.0649 e. The molecule has 4 rings (SSSR count). The van der Waals surface area contributed by atoms with Crippen molar-refractivity contribution < 1.29 is 5.11 Å². The summed E-state index contributed by atoms with van der Waals surface area (Å²) in [5, 5.41) is 13.6. The number of aromatic nitrogens is 2. The van der Waals surface area contributed by atoms with Crippen LogP contribution in [-0.2, 0) is 6.54 Å². The first-order chi connectivity index (χ1) is 13.3. The number of rotatable bonds is 6. The van der Waals surface area contributed by atoms with Crippen molar-refractivity contribution in [2.75, 3.05) is 52.4 Å². The zero-order valence-corrected chi connectivity index (χ0v) is 16.1. The van der Waals surface area contributed by atoms with Gasteiger partial charge in [-0.15, -0.1) is 0 Å². The standard InChI is InChI=1S/C21H31N5O/c27-17-16-23-12-14-25(15-13-23)19-7-10-24(11-8-19)18-21-6-9-22-26(21)20-4-2-1-3-5-20/h1-6,9,19,27H,7-8,10-18H2. The highest BCUT2D eigenvalue weighted by Gasteiger charge is 2.27. The lowest BCUT2D eigenvalue weighted by Crippen LogP contribution is -2.53. The minimum atomic E-state index is 0.276. The normalized spacial score (nSPS) is 20.9. The Morgan fingerprint density at radius 2 is 1.63 bits per heavy atom. The minimum Gasteiger partial charge on any atom is -0.395 e. The summed E-state index contributed by atoms with van der Waals surface area (Å²) in [6.45, 7) is 8.85. The molecule has 1 aromatic carbocycles. The van der Waals surface area contributed by atoms with Gasteiger partial charge in [-0.1, -0.05) is 18.2 Å². The molecule has 2 aliphatic heterocycles. The number of β-amino-alcohol motifs (C(OH)–C–C–N with tert-alkyl or cyclic N) is 1. The van der Waals surface area contributed by atoms with E-state index in [1.54, 1.807) is 0 Å². The van der Waals surface area contributed by atoms with Gasteiger partial charge in [0.25, 0.3) is 0 Å². The molecule has 3 heterocycles. The number of hydrogen-bond donors (Lipinski definition) is 1. The van der Waals surface area contributed by atoms with Crippen molar-refractivity contribution in [3.8, 4) is 5.69 Å². The highest BCUT2D eigenvalue weighted by molar-refractivity contribution is 5.32. The molecule has 0 aliphatic carbocycles. The molecule has 2 fully saturated rings. The number of benzene rings is 1. The van der Waals surface area contributed by atoms with E-state index < -0.39 is 0 Å². The molecule has 146 valence electrons. The fourth-order valence-corrected chi connectivity index (χ4v) is 4.42. The van der Waals surface area contributed by atoms with Crippen molar-refractivity contribution in [3.05, 3.63) is 48.3 Å². The molecule has 6 heteroatoms. The Balaban J connectivity index is 1.28. The lowest BCUT2D eigenvalue weighted by Gasteiger charge is -2.42. The second-order valence-corrected chi connectivity index (χ2v) is 7.68. The summed E-state index contributed by atoms with van der Waals surface area (Å²) in [6.07, 6.45) is 4.40. The van der Waals surface area contributed by atoms with Gasteiger partial charge in [0.1, 0.15) is 0 Å². The third-order valence-corrected chi connectivity index (χ3v) is 6.00. The van der Waals surface area contributed by atoms with E-state index in [0.717, 1.165) is 64.1 Å². The van der Waals surface area contributed by atoms with E-state index in [1.165, 1.54) is 18.5 Å².